The molecule has 1 aromatic heterocycles. The molecule has 0 saturated carbocycles. The van der Waals surface area contributed by atoms with Crippen LogP contribution in [0.3, 0.4) is 0 Å². The third-order valence-corrected chi connectivity index (χ3v) is 2.97. The standard InChI is InChI=1S/C14H15ClN2O/c1-4-9-18-17-11(3)10(2)16-14(17)12-5-7-13(15)8-6-12/h4-8H,1,9H2,2-3H3. The zero-order chi connectivity index (χ0) is 13.1. The van der Waals surface area contributed by atoms with Crippen LogP contribution >= 0.6 is 11.6 Å². The number of hydrogen-bond donors (Lipinski definition) is 0. The molecular weight excluding hydrogens is 248 g/mol. The predicted octanol–water partition coefficient (Wildman–Crippen LogP) is 3.43. The Hall–Kier alpha value is -1.74. The number of aryl methyl sites for hydroxylation is 1. The van der Waals surface area contributed by atoms with Crippen LogP contribution in [-0.4, -0.2) is 16.3 Å². The summed E-state index contributed by atoms with van der Waals surface area (Å²) in [5.41, 5.74) is 2.91. The van der Waals surface area contributed by atoms with Crippen LogP contribution in [0.2, 0.25) is 5.02 Å². The second-order valence-electron chi connectivity index (χ2n) is 3.99. The smallest absolute Gasteiger partial charge is 0.176 e. The van der Waals surface area contributed by atoms with Crippen LogP contribution in [0.5, 0.6) is 0 Å². The van der Waals surface area contributed by atoms with Crippen molar-refractivity contribution >= 4 is 11.6 Å². The Morgan fingerprint density at radius 2 is 2.00 bits per heavy atom. The van der Waals surface area contributed by atoms with Crippen LogP contribution in [0.4, 0.5) is 0 Å². The van der Waals surface area contributed by atoms with Gasteiger partial charge >= 0.3 is 0 Å². The van der Waals surface area contributed by atoms with E-state index in [-0.39, 0.29) is 0 Å². The summed E-state index contributed by atoms with van der Waals surface area (Å²) in [6.07, 6.45) is 1.71. The van der Waals surface area contributed by atoms with Crippen molar-refractivity contribution in [2.75, 3.05) is 6.61 Å². The minimum Gasteiger partial charge on any atom is -0.408 e. The molecule has 2 aromatic rings. The molecule has 18 heavy (non-hydrogen) atoms. The van der Waals surface area contributed by atoms with E-state index in [1.807, 2.05) is 38.1 Å². The number of hydrogen-bond acceptors (Lipinski definition) is 2. The lowest BCUT2D eigenvalue weighted by atomic mass is 10.2. The van der Waals surface area contributed by atoms with Gasteiger partial charge in [0.05, 0.1) is 11.4 Å². The summed E-state index contributed by atoms with van der Waals surface area (Å²) in [7, 11) is 0. The van der Waals surface area contributed by atoms with E-state index in [0.717, 1.165) is 22.8 Å². The highest BCUT2D eigenvalue weighted by Crippen LogP contribution is 2.22. The zero-order valence-electron chi connectivity index (χ0n) is 10.5. The molecule has 1 aromatic carbocycles. The van der Waals surface area contributed by atoms with Crippen LogP contribution in [-0.2, 0) is 0 Å². The summed E-state index contributed by atoms with van der Waals surface area (Å²) in [5.74, 6) is 0.781. The average molecular weight is 263 g/mol. The highest BCUT2D eigenvalue weighted by atomic mass is 35.5. The molecule has 0 unspecified atom stereocenters. The van der Waals surface area contributed by atoms with Crippen LogP contribution in [0.25, 0.3) is 11.4 Å². The molecule has 0 aliphatic carbocycles. The van der Waals surface area contributed by atoms with Gasteiger partial charge in [0.25, 0.3) is 0 Å². The minimum atomic E-state index is 0.442. The Morgan fingerprint density at radius 1 is 1.33 bits per heavy atom. The molecule has 94 valence electrons. The maximum atomic E-state index is 5.89. The molecule has 1 heterocycles. The van der Waals surface area contributed by atoms with Crippen molar-refractivity contribution in [3.63, 3.8) is 0 Å². The highest BCUT2D eigenvalue weighted by molar-refractivity contribution is 6.30. The summed E-state index contributed by atoms with van der Waals surface area (Å²) < 4.78 is 1.74. The first-order valence-electron chi connectivity index (χ1n) is 5.69. The third kappa shape index (κ3) is 2.41. The van der Waals surface area contributed by atoms with Gasteiger partial charge in [-0.1, -0.05) is 24.3 Å². The summed E-state index contributed by atoms with van der Waals surface area (Å²) >= 11 is 5.89. The zero-order valence-corrected chi connectivity index (χ0v) is 11.2. The van der Waals surface area contributed by atoms with Crippen molar-refractivity contribution in [1.29, 1.82) is 0 Å². The summed E-state index contributed by atoms with van der Waals surface area (Å²) in [6.45, 7) is 8.03. The second kappa shape index (κ2) is 5.27. The van der Waals surface area contributed by atoms with Gasteiger partial charge in [-0.3, -0.25) is 0 Å². The maximum Gasteiger partial charge on any atom is 0.176 e. The molecule has 3 nitrogen and oxygen atoms in total. The number of benzene rings is 1. The molecule has 4 heteroatoms. The lowest BCUT2D eigenvalue weighted by Gasteiger charge is -2.10. The largest absolute Gasteiger partial charge is 0.408 e. The SMILES string of the molecule is C=CCOn1c(-c2ccc(Cl)cc2)nc(C)c1C. The Kier molecular flexibility index (Phi) is 3.72. The lowest BCUT2D eigenvalue weighted by molar-refractivity contribution is 0.134. The van der Waals surface area contributed by atoms with Crippen molar-refractivity contribution in [2.45, 2.75) is 13.8 Å². The van der Waals surface area contributed by atoms with Gasteiger partial charge < -0.3 is 4.84 Å². The highest BCUT2D eigenvalue weighted by Gasteiger charge is 2.13. The van der Waals surface area contributed by atoms with Gasteiger partial charge in [0.15, 0.2) is 5.82 Å². The van der Waals surface area contributed by atoms with E-state index >= 15 is 0 Å². The van der Waals surface area contributed by atoms with Gasteiger partial charge in [-0.15, -0.1) is 0 Å². The fourth-order valence-electron chi connectivity index (χ4n) is 1.66. The van der Waals surface area contributed by atoms with Crippen molar-refractivity contribution in [3.8, 4) is 11.4 Å². The fourth-order valence-corrected chi connectivity index (χ4v) is 1.78. The molecule has 0 N–H and O–H groups in total. The predicted molar refractivity (Wildman–Crippen MR) is 73.8 cm³/mol. The van der Waals surface area contributed by atoms with E-state index in [2.05, 4.69) is 11.6 Å². The topological polar surface area (TPSA) is 27.1 Å². The van der Waals surface area contributed by atoms with Gasteiger partial charge in [0, 0.05) is 10.6 Å². The fraction of sp³-hybridized carbons (Fsp3) is 0.214. The molecule has 0 atom stereocenters. The van der Waals surface area contributed by atoms with Gasteiger partial charge in [-0.25, -0.2) is 4.98 Å². The Bertz CT molecular complexity index is 558. The third-order valence-electron chi connectivity index (χ3n) is 2.72. The number of nitrogens with zero attached hydrogens (tertiary/aromatic N) is 2. The van der Waals surface area contributed by atoms with Gasteiger partial charge in [0.2, 0.25) is 0 Å². The molecule has 0 aliphatic heterocycles. The average Bonchev–Trinajstić information content (AvgIpc) is 2.64. The molecule has 0 spiro atoms. The van der Waals surface area contributed by atoms with Crippen LogP contribution in [0, 0.1) is 13.8 Å². The van der Waals surface area contributed by atoms with E-state index in [1.54, 1.807) is 10.8 Å². The Labute approximate surface area is 112 Å². The van der Waals surface area contributed by atoms with Crippen molar-refractivity contribution in [2.24, 2.45) is 0 Å². The molecule has 0 saturated heterocycles. The van der Waals surface area contributed by atoms with Crippen molar-refractivity contribution < 1.29 is 4.84 Å². The molecule has 0 radical (unpaired) electrons. The Balaban J connectivity index is 2.46. The summed E-state index contributed by atoms with van der Waals surface area (Å²) in [5, 5.41) is 0.706. The molecule has 0 fully saturated rings. The molecule has 2 rings (SSSR count). The number of halogens is 1. The first-order valence-corrected chi connectivity index (χ1v) is 6.07. The summed E-state index contributed by atoms with van der Waals surface area (Å²) in [6, 6.07) is 7.54. The molecular formula is C14H15ClN2O. The van der Waals surface area contributed by atoms with Crippen LogP contribution in [0.15, 0.2) is 36.9 Å². The van der Waals surface area contributed by atoms with E-state index in [1.165, 1.54) is 0 Å². The molecule has 0 amide bonds. The number of aromatic nitrogens is 2. The van der Waals surface area contributed by atoms with E-state index in [4.69, 9.17) is 16.4 Å². The monoisotopic (exact) mass is 262 g/mol. The maximum absolute atomic E-state index is 5.89. The Morgan fingerprint density at radius 3 is 2.61 bits per heavy atom. The lowest BCUT2D eigenvalue weighted by Crippen LogP contribution is -2.14. The van der Waals surface area contributed by atoms with Gasteiger partial charge in [-0.05, 0) is 38.1 Å². The van der Waals surface area contributed by atoms with Gasteiger partial charge in [0.1, 0.15) is 6.61 Å². The molecule has 0 bridgehead atoms. The second-order valence-corrected chi connectivity index (χ2v) is 4.43. The first-order chi connectivity index (χ1) is 8.63. The van der Waals surface area contributed by atoms with E-state index in [9.17, 15) is 0 Å². The van der Waals surface area contributed by atoms with E-state index in [0.29, 0.717) is 11.6 Å². The van der Waals surface area contributed by atoms with E-state index < -0.39 is 0 Å². The normalized spacial score (nSPS) is 10.4. The first kappa shape index (κ1) is 12.7. The van der Waals surface area contributed by atoms with Gasteiger partial charge in [-0.2, -0.15) is 4.73 Å². The van der Waals surface area contributed by atoms with Crippen molar-refractivity contribution in [3.05, 3.63) is 53.3 Å². The minimum absolute atomic E-state index is 0.442. The van der Waals surface area contributed by atoms with Crippen molar-refractivity contribution in [1.82, 2.24) is 9.71 Å². The summed E-state index contributed by atoms with van der Waals surface area (Å²) in [4.78, 5) is 10.1. The molecule has 0 aliphatic rings. The van der Waals surface area contributed by atoms with Crippen LogP contribution < -0.4 is 4.84 Å². The quantitative estimate of drug-likeness (QED) is 0.790. The number of rotatable bonds is 4. The van der Waals surface area contributed by atoms with Crippen LogP contribution in [0.1, 0.15) is 11.4 Å². The number of imidazole rings is 1.